The van der Waals surface area contributed by atoms with Crippen LogP contribution in [0, 0.1) is 5.82 Å². The summed E-state index contributed by atoms with van der Waals surface area (Å²) in [5.74, 6) is -1.06. The molecular weight excluding hydrogens is 327 g/mol. The molecule has 0 unspecified atom stereocenters. The predicted octanol–water partition coefficient (Wildman–Crippen LogP) is 2.25. The van der Waals surface area contributed by atoms with Crippen LogP contribution in [0.2, 0.25) is 0 Å². The lowest BCUT2D eigenvalue weighted by Gasteiger charge is -2.07. The standard InChI is InChI=1S/C14H12BrFN2O2/c15-11-3-1-2-10(13(11)16)14(20)18-7-5-9-4-6-17-12(19)8-9/h1-4,6,8H,5,7H2,(H,17,19)(H,18,20). The van der Waals surface area contributed by atoms with Gasteiger partial charge >= 0.3 is 0 Å². The Balaban J connectivity index is 1.96. The van der Waals surface area contributed by atoms with Gasteiger partial charge in [-0.2, -0.15) is 0 Å². The lowest BCUT2D eigenvalue weighted by atomic mass is 10.1. The van der Waals surface area contributed by atoms with E-state index in [2.05, 4.69) is 26.2 Å². The fourth-order valence-electron chi connectivity index (χ4n) is 1.74. The Morgan fingerprint density at radius 2 is 2.15 bits per heavy atom. The molecule has 20 heavy (non-hydrogen) atoms. The van der Waals surface area contributed by atoms with Crippen molar-refractivity contribution >= 4 is 21.8 Å². The number of benzene rings is 1. The Hall–Kier alpha value is -1.95. The average molecular weight is 339 g/mol. The van der Waals surface area contributed by atoms with Crippen LogP contribution in [0.25, 0.3) is 0 Å². The van der Waals surface area contributed by atoms with Gasteiger partial charge in [0.05, 0.1) is 10.0 Å². The number of amides is 1. The summed E-state index contributed by atoms with van der Waals surface area (Å²) in [5.41, 5.74) is 0.612. The molecule has 1 amide bonds. The Kier molecular flexibility index (Phi) is 4.68. The average Bonchev–Trinajstić information content (AvgIpc) is 2.42. The van der Waals surface area contributed by atoms with Crippen LogP contribution >= 0.6 is 15.9 Å². The molecule has 0 spiro atoms. The van der Waals surface area contributed by atoms with Crippen molar-refractivity contribution in [1.29, 1.82) is 0 Å². The molecule has 0 aliphatic heterocycles. The van der Waals surface area contributed by atoms with Gasteiger partial charge in [0.1, 0.15) is 5.82 Å². The Bertz CT molecular complexity index is 685. The van der Waals surface area contributed by atoms with Gasteiger partial charge in [0, 0.05) is 18.8 Å². The Morgan fingerprint density at radius 1 is 1.35 bits per heavy atom. The zero-order valence-electron chi connectivity index (χ0n) is 10.5. The molecule has 6 heteroatoms. The number of aromatic amines is 1. The third-order valence-corrected chi connectivity index (χ3v) is 3.35. The zero-order chi connectivity index (χ0) is 14.5. The first-order valence-corrected chi connectivity index (χ1v) is 6.77. The molecule has 1 aromatic carbocycles. The zero-order valence-corrected chi connectivity index (χ0v) is 12.0. The molecule has 2 aromatic rings. The minimum absolute atomic E-state index is 0.00900. The molecule has 0 aliphatic carbocycles. The fourth-order valence-corrected chi connectivity index (χ4v) is 2.11. The van der Waals surface area contributed by atoms with Gasteiger partial charge in [0.15, 0.2) is 0 Å². The number of hydrogen-bond donors (Lipinski definition) is 2. The third-order valence-electron chi connectivity index (χ3n) is 2.73. The highest BCUT2D eigenvalue weighted by atomic mass is 79.9. The van der Waals surface area contributed by atoms with E-state index < -0.39 is 11.7 Å². The summed E-state index contributed by atoms with van der Waals surface area (Å²) in [7, 11) is 0. The molecule has 0 saturated carbocycles. The summed E-state index contributed by atoms with van der Waals surface area (Å²) < 4.78 is 14.0. The van der Waals surface area contributed by atoms with Crippen molar-refractivity contribution < 1.29 is 9.18 Å². The normalized spacial score (nSPS) is 10.3. The van der Waals surface area contributed by atoms with Gasteiger partial charge in [-0.05, 0) is 46.1 Å². The first kappa shape index (κ1) is 14.5. The van der Waals surface area contributed by atoms with Crippen molar-refractivity contribution in [3.05, 3.63) is 68.3 Å². The maximum atomic E-state index is 13.7. The van der Waals surface area contributed by atoms with Gasteiger partial charge in [0.2, 0.25) is 5.56 Å². The summed E-state index contributed by atoms with van der Waals surface area (Å²) in [6, 6.07) is 7.77. The Morgan fingerprint density at radius 3 is 2.90 bits per heavy atom. The van der Waals surface area contributed by atoms with E-state index in [4.69, 9.17) is 0 Å². The number of halogens is 2. The van der Waals surface area contributed by atoms with Gasteiger partial charge in [-0.3, -0.25) is 9.59 Å². The minimum atomic E-state index is -0.582. The van der Waals surface area contributed by atoms with E-state index in [0.717, 1.165) is 5.56 Å². The Labute approximate surface area is 123 Å². The van der Waals surface area contributed by atoms with E-state index in [0.29, 0.717) is 13.0 Å². The number of pyridine rings is 1. The molecule has 0 aliphatic rings. The third kappa shape index (κ3) is 3.54. The van der Waals surface area contributed by atoms with Crippen LogP contribution in [0.1, 0.15) is 15.9 Å². The number of nitrogens with one attached hydrogen (secondary N) is 2. The molecule has 4 nitrogen and oxygen atoms in total. The van der Waals surface area contributed by atoms with E-state index in [1.54, 1.807) is 18.3 Å². The van der Waals surface area contributed by atoms with Gasteiger partial charge in [-0.25, -0.2) is 4.39 Å². The van der Waals surface area contributed by atoms with E-state index in [1.807, 2.05) is 0 Å². The van der Waals surface area contributed by atoms with Crippen LogP contribution in [0.15, 0.2) is 45.8 Å². The van der Waals surface area contributed by atoms with Crippen molar-refractivity contribution in [3.63, 3.8) is 0 Å². The van der Waals surface area contributed by atoms with Gasteiger partial charge in [-0.1, -0.05) is 6.07 Å². The quantitative estimate of drug-likeness (QED) is 0.898. The lowest BCUT2D eigenvalue weighted by Crippen LogP contribution is -2.26. The van der Waals surface area contributed by atoms with Crippen molar-refractivity contribution in [2.24, 2.45) is 0 Å². The highest BCUT2D eigenvalue weighted by Crippen LogP contribution is 2.18. The maximum Gasteiger partial charge on any atom is 0.254 e. The largest absolute Gasteiger partial charge is 0.352 e. The molecule has 0 fully saturated rings. The highest BCUT2D eigenvalue weighted by molar-refractivity contribution is 9.10. The van der Waals surface area contributed by atoms with Crippen LogP contribution in [0.4, 0.5) is 4.39 Å². The van der Waals surface area contributed by atoms with Gasteiger partial charge in [0.25, 0.3) is 5.91 Å². The predicted molar refractivity (Wildman–Crippen MR) is 77.2 cm³/mol. The SMILES string of the molecule is O=C(NCCc1cc[nH]c(=O)c1)c1cccc(Br)c1F. The summed E-state index contributed by atoms with van der Waals surface area (Å²) in [6.45, 7) is 0.328. The number of H-pyrrole nitrogens is 1. The second-order valence-electron chi connectivity index (χ2n) is 4.17. The van der Waals surface area contributed by atoms with E-state index in [-0.39, 0.29) is 15.6 Å². The van der Waals surface area contributed by atoms with E-state index in [1.165, 1.54) is 18.2 Å². The highest BCUT2D eigenvalue weighted by Gasteiger charge is 2.13. The first-order chi connectivity index (χ1) is 9.58. The second kappa shape index (κ2) is 6.47. The molecule has 2 N–H and O–H groups in total. The first-order valence-electron chi connectivity index (χ1n) is 5.98. The number of rotatable bonds is 4. The van der Waals surface area contributed by atoms with Crippen molar-refractivity contribution in [3.8, 4) is 0 Å². The van der Waals surface area contributed by atoms with E-state index >= 15 is 0 Å². The lowest BCUT2D eigenvalue weighted by molar-refractivity contribution is 0.0950. The summed E-state index contributed by atoms with van der Waals surface area (Å²) in [5, 5.41) is 2.62. The van der Waals surface area contributed by atoms with Crippen LogP contribution < -0.4 is 10.9 Å². The number of hydrogen-bond acceptors (Lipinski definition) is 2. The minimum Gasteiger partial charge on any atom is -0.352 e. The molecule has 0 bridgehead atoms. The van der Waals surface area contributed by atoms with Gasteiger partial charge < -0.3 is 10.3 Å². The molecule has 0 atom stereocenters. The molecule has 2 rings (SSSR count). The van der Waals surface area contributed by atoms with Crippen LogP contribution in [0.3, 0.4) is 0 Å². The van der Waals surface area contributed by atoms with Crippen LogP contribution in [-0.2, 0) is 6.42 Å². The second-order valence-corrected chi connectivity index (χ2v) is 5.02. The monoisotopic (exact) mass is 338 g/mol. The smallest absolute Gasteiger partial charge is 0.254 e. The topological polar surface area (TPSA) is 62.0 Å². The van der Waals surface area contributed by atoms with E-state index in [9.17, 15) is 14.0 Å². The summed E-state index contributed by atoms with van der Waals surface area (Å²) in [6.07, 6.45) is 2.05. The summed E-state index contributed by atoms with van der Waals surface area (Å²) >= 11 is 3.03. The number of aromatic nitrogens is 1. The number of carbonyl (C=O) groups excluding carboxylic acids is 1. The summed E-state index contributed by atoms with van der Waals surface area (Å²) in [4.78, 5) is 25.4. The molecular formula is C14H12BrFN2O2. The van der Waals surface area contributed by atoms with Crippen molar-refractivity contribution in [1.82, 2.24) is 10.3 Å². The molecule has 104 valence electrons. The molecule has 0 saturated heterocycles. The molecule has 1 aromatic heterocycles. The van der Waals surface area contributed by atoms with Crippen LogP contribution in [0.5, 0.6) is 0 Å². The maximum absolute atomic E-state index is 13.7. The van der Waals surface area contributed by atoms with Crippen LogP contribution in [-0.4, -0.2) is 17.4 Å². The number of carbonyl (C=O) groups is 1. The molecule has 0 radical (unpaired) electrons. The van der Waals surface area contributed by atoms with Crippen molar-refractivity contribution in [2.75, 3.05) is 6.54 Å². The fraction of sp³-hybridized carbons (Fsp3) is 0.143. The van der Waals surface area contributed by atoms with Gasteiger partial charge in [-0.15, -0.1) is 0 Å². The molecule has 1 heterocycles. The van der Waals surface area contributed by atoms with Crippen molar-refractivity contribution in [2.45, 2.75) is 6.42 Å².